The van der Waals surface area contributed by atoms with E-state index in [4.69, 9.17) is 5.11 Å². The molecule has 0 amide bonds. The van der Waals surface area contributed by atoms with Crippen molar-refractivity contribution in [1.82, 2.24) is 9.97 Å². The maximum absolute atomic E-state index is 13.2. The summed E-state index contributed by atoms with van der Waals surface area (Å²) < 4.78 is 26.1. The zero-order valence-electron chi connectivity index (χ0n) is 8.37. The molecule has 0 unspecified atom stereocenters. The Balaban J connectivity index is 2.37. The molecule has 0 atom stereocenters. The molecular formula is C10H7F2N3O2. The number of H-pyrrole nitrogens is 1. The highest BCUT2D eigenvalue weighted by atomic mass is 19.1. The highest BCUT2D eigenvalue weighted by molar-refractivity contribution is 5.54. The van der Waals surface area contributed by atoms with Gasteiger partial charge >= 0.3 is 0 Å². The van der Waals surface area contributed by atoms with E-state index in [1.807, 2.05) is 0 Å². The Morgan fingerprint density at radius 2 is 2.06 bits per heavy atom. The van der Waals surface area contributed by atoms with Crippen LogP contribution in [0.3, 0.4) is 0 Å². The molecular weight excluding hydrogens is 232 g/mol. The molecule has 0 fully saturated rings. The number of halogens is 2. The number of benzene rings is 1. The number of hydrogen-bond donors (Lipinski definition) is 3. The Hall–Kier alpha value is -2.44. The van der Waals surface area contributed by atoms with E-state index in [0.29, 0.717) is 0 Å². The van der Waals surface area contributed by atoms with E-state index in [2.05, 4.69) is 15.3 Å². The summed E-state index contributed by atoms with van der Waals surface area (Å²) in [6.07, 6.45) is 0. The number of aromatic amines is 1. The minimum atomic E-state index is -0.711. The number of nitrogens with zero attached hydrogens (tertiary/aromatic N) is 1. The molecule has 1 aromatic carbocycles. The Morgan fingerprint density at radius 1 is 1.29 bits per heavy atom. The second kappa shape index (κ2) is 4.20. The van der Waals surface area contributed by atoms with Gasteiger partial charge in [-0.15, -0.1) is 0 Å². The largest absolute Gasteiger partial charge is 0.493 e. The monoisotopic (exact) mass is 239 g/mol. The van der Waals surface area contributed by atoms with Crippen molar-refractivity contribution in [3.8, 4) is 5.88 Å². The van der Waals surface area contributed by atoms with Crippen LogP contribution in [-0.2, 0) is 0 Å². The molecule has 1 heterocycles. The Labute approximate surface area is 93.8 Å². The molecule has 0 radical (unpaired) electrons. The van der Waals surface area contributed by atoms with Crippen molar-refractivity contribution in [2.45, 2.75) is 0 Å². The zero-order chi connectivity index (χ0) is 12.4. The van der Waals surface area contributed by atoms with Crippen molar-refractivity contribution in [2.75, 3.05) is 5.32 Å². The summed E-state index contributed by atoms with van der Waals surface area (Å²) >= 11 is 0. The van der Waals surface area contributed by atoms with Crippen molar-refractivity contribution in [2.24, 2.45) is 0 Å². The first-order valence-electron chi connectivity index (χ1n) is 4.57. The quantitative estimate of drug-likeness (QED) is 0.742. The van der Waals surface area contributed by atoms with Crippen molar-refractivity contribution in [3.05, 3.63) is 46.3 Å². The second-order valence-electron chi connectivity index (χ2n) is 3.20. The van der Waals surface area contributed by atoms with E-state index in [9.17, 15) is 13.6 Å². The van der Waals surface area contributed by atoms with Gasteiger partial charge in [-0.05, 0) is 12.1 Å². The lowest BCUT2D eigenvalue weighted by atomic mass is 10.3. The van der Waals surface area contributed by atoms with Crippen LogP contribution in [-0.4, -0.2) is 15.1 Å². The molecule has 17 heavy (non-hydrogen) atoms. The lowest BCUT2D eigenvalue weighted by molar-refractivity contribution is 0.452. The lowest BCUT2D eigenvalue weighted by Gasteiger charge is -2.06. The second-order valence-corrected chi connectivity index (χ2v) is 3.20. The normalized spacial score (nSPS) is 10.2. The zero-order valence-corrected chi connectivity index (χ0v) is 8.37. The summed E-state index contributed by atoms with van der Waals surface area (Å²) in [5, 5.41) is 11.4. The summed E-state index contributed by atoms with van der Waals surface area (Å²) in [7, 11) is 0. The third-order valence-corrected chi connectivity index (χ3v) is 1.91. The Kier molecular flexibility index (Phi) is 2.73. The van der Waals surface area contributed by atoms with E-state index in [-0.39, 0.29) is 11.6 Å². The van der Waals surface area contributed by atoms with E-state index in [0.717, 1.165) is 24.3 Å². The van der Waals surface area contributed by atoms with Crippen LogP contribution in [0, 0.1) is 11.6 Å². The fourth-order valence-electron chi connectivity index (χ4n) is 1.22. The van der Waals surface area contributed by atoms with Gasteiger partial charge in [0.05, 0.1) is 11.8 Å². The van der Waals surface area contributed by atoms with Gasteiger partial charge < -0.3 is 10.4 Å². The van der Waals surface area contributed by atoms with Gasteiger partial charge in [-0.25, -0.2) is 8.78 Å². The van der Waals surface area contributed by atoms with Crippen molar-refractivity contribution in [3.63, 3.8) is 0 Å². The summed E-state index contributed by atoms with van der Waals surface area (Å²) in [4.78, 5) is 16.7. The molecule has 3 N–H and O–H groups in total. The van der Waals surface area contributed by atoms with Crippen molar-refractivity contribution < 1.29 is 13.9 Å². The first kappa shape index (κ1) is 11.1. The maximum Gasteiger partial charge on any atom is 0.256 e. The number of nitrogens with one attached hydrogen (secondary N) is 2. The van der Waals surface area contributed by atoms with Gasteiger partial charge in [0.2, 0.25) is 11.8 Å². The molecule has 0 aliphatic heterocycles. The molecule has 0 bridgehead atoms. The third-order valence-electron chi connectivity index (χ3n) is 1.91. The summed E-state index contributed by atoms with van der Waals surface area (Å²) in [6, 6.07) is 3.64. The fraction of sp³-hybridized carbons (Fsp3) is 0. The van der Waals surface area contributed by atoms with Crippen molar-refractivity contribution in [1.29, 1.82) is 0 Å². The van der Waals surface area contributed by atoms with Gasteiger partial charge in [0.25, 0.3) is 5.56 Å². The topological polar surface area (TPSA) is 78.0 Å². The van der Waals surface area contributed by atoms with Crippen LogP contribution in [0.1, 0.15) is 0 Å². The standard InChI is InChI=1S/C10H7F2N3O2/c11-5-1-2-6(12)7(3-5)13-10-14-8(16)4-9(17)15-10/h1-4H,(H3,13,14,15,16,17). The highest BCUT2D eigenvalue weighted by Gasteiger charge is 2.06. The predicted octanol–water partition coefficient (Wildman–Crippen LogP) is 1.50. The summed E-state index contributed by atoms with van der Waals surface area (Å²) in [5.41, 5.74) is -0.810. The third kappa shape index (κ3) is 2.57. The van der Waals surface area contributed by atoms with Gasteiger partial charge in [-0.1, -0.05) is 0 Å². The van der Waals surface area contributed by atoms with E-state index in [1.54, 1.807) is 0 Å². The first-order valence-corrected chi connectivity index (χ1v) is 4.57. The number of hydrogen-bond acceptors (Lipinski definition) is 4. The van der Waals surface area contributed by atoms with Gasteiger partial charge in [-0.2, -0.15) is 4.98 Å². The Morgan fingerprint density at radius 3 is 2.76 bits per heavy atom. The molecule has 7 heteroatoms. The summed E-state index contributed by atoms with van der Waals surface area (Å²) in [5.74, 6) is -2.05. The molecule has 2 rings (SSSR count). The van der Waals surface area contributed by atoms with Crippen molar-refractivity contribution >= 4 is 11.6 Å². The van der Waals surface area contributed by atoms with Crippen LogP contribution in [0.25, 0.3) is 0 Å². The molecule has 0 saturated carbocycles. The predicted molar refractivity (Wildman–Crippen MR) is 56.2 cm³/mol. The van der Waals surface area contributed by atoms with E-state index >= 15 is 0 Å². The first-order chi connectivity index (χ1) is 8.04. The van der Waals surface area contributed by atoms with Gasteiger partial charge in [0.1, 0.15) is 11.6 Å². The van der Waals surface area contributed by atoms with Gasteiger partial charge in [-0.3, -0.25) is 9.78 Å². The molecule has 0 aliphatic rings. The van der Waals surface area contributed by atoms with Gasteiger partial charge in [0.15, 0.2) is 0 Å². The summed E-state index contributed by atoms with van der Waals surface area (Å²) in [6.45, 7) is 0. The number of anilines is 2. The van der Waals surface area contributed by atoms with Crippen LogP contribution in [0.4, 0.5) is 20.4 Å². The molecule has 2 aromatic rings. The Bertz CT molecular complexity index is 613. The number of rotatable bonds is 2. The molecule has 88 valence electrons. The SMILES string of the molecule is O=c1cc(O)nc(Nc2cc(F)ccc2F)[nH]1. The number of aromatic nitrogens is 2. The van der Waals surface area contributed by atoms with Crippen LogP contribution >= 0.6 is 0 Å². The van der Waals surface area contributed by atoms with Crippen LogP contribution in [0.2, 0.25) is 0 Å². The minimum absolute atomic E-state index is 0.181. The van der Waals surface area contributed by atoms with Crippen LogP contribution in [0.5, 0.6) is 5.88 Å². The van der Waals surface area contributed by atoms with Crippen LogP contribution in [0.15, 0.2) is 29.1 Å². The molecule has 0 spiro atoms. The maximum atomic E-state index is 13.2. The highest BCUT2D eigenvalue weighted by Crippen LogP contribution is 2.18. The molecule has 0 saturated heterocycles. The average Bonchev–Trinajstić information content (AvgIpc) is 2.22. The average molecular weight is 239 g/mol. The molecule has 5 nitrogen and oxygen atoms in total. The molecule has 0 aliphatic carbocycles. The smallest absolute Gasteiger partial charge is 0.256 e. The number of aromatic hydroxyl groups is 1. The van der Waals surface area contributed by atoms with Gasteiger partial charge in [0, 0.05) is 6.07 Å². The lowest BCUT2D eigenvalue weighted by Crippen LogP contribution is -2.09. The van der Waals surface area contributed by atoms with E-state index < -0.39 is 23.1 Å². The van der Waals surface area contributed by atoms with Crippen LogP contribution < -0.4 is 10.9 Å². The fourth-order valence-corrected chi connectivity index (χ4v) is 1.22. The van der Waals surface area contributed by atoms with E-state index in [1.165, 1.54) is 0 Å². The molecule has 1 aromatic heterocycles. The minimum Gasteiger partial charge on any atom is -0.493 e.